The van der Waals surface area contributed by atoms with Crippen molar-refractivity contribution in [2.45, 2.75) is 26.2 Å². The van der Waals surface area contributed by atoms with Gasteiger partial charge in [0.05, 0.1) is 11.7 Å². The fourth-order valence-corrected chi connectivity index (χ4v) is 2.34. The van der Waals surface area contributed by atoms with Crippen molar-refractivity contribution < 1.29 is 9.21 Å². The van der Waals surface area contributed by atoms with E-state index in [1.807, 2.05) is 12.1 Å². The molecule has 2 heterocycles. The summed E-state index contributed by atoms with van der Waals surface area (Å²) in [6.07, 6.45) is 4.25. The van der Waals surface area contributed by atoms with E-state index < -0.39 is 0 Å². The van der Waals surface area contributed by atoms with E-state index in [2.05, 4.69) is 17.6 Å². The SMILES string of the molecule is CCC1(C(=O)NCCc2ccco2)CCNC1. The van der Waals surface area contributed by atoms with Gasteiger partial charge >= 0.3 is 0 Å². The number of amides is 1. The number of furan rings is 1. The van der Waals surface area contributed by atoms with Crippen LogP contribution in [-0.4, -0.2) is 25.5 Å². The van der Waals surface area contributed by atoms with Gasteiger partial charge in [0.15, 0.2) is 0 Å². The molecule has 1 amide bonds. The molecule has 1 aliphatic heterocycles. The Kier molecular flexibility index (Phi) is 3.84. The van der Waals surface area contributed by atoms with Crippen molar-refractivity contribution in [3.8, 4) is 0 Å². The lowest BCUT2D eigenvalue weighted by atomic mass is 9.83. The average Bonchev–Trinajstić information content (AvgIpc) is 3.00. The normalized spacial score (nSPS) is 23.8. The standard InChI is InChI=1S/C13H20N2O2/c1-2-13(6-8-14-10-13)12(16)15-7-5-11-4-3-9-17-11/h3-4,9,14H,2,5-8,10H2,1H3,(H,15,16). The molecule has 1 aromatic heterocycles. The van der Waals surface area contributed by atoms with Gasteiger partial charge in [0, 0.05) is 19.5 Å². The zero-order valence-electron chi connectivity index (χ0n) is 10.3. The quantitative estimate of drug-likeness (QED) is 0.811. The molecule has 0 spiro atoms. The number of rotatable bonds is 5. The minimum atomic E-state index is -0.191. The molecule has 1 saturated heterocycles. The zero-order chi connectivity index (χ0) is 12.1. The number of carbonyl (C=O) groups excluding carboxylic acids is 1. The van der Waals surface area contributed by atoms with Gasteiger partial charge in [-0.1, -0.05) is 6.92 Å². The van der Waals surface area contributed by atoms with Gasteiger partial charge < -0.3 is 15.1 Å². The highest BCUT2D eigenvalue weighted by Crippen LogP contribution is 2.29. The molecular formula is C13H20N2O2. The van der Waals surface area contributed by atoms with E-state index in [9.17, 15) is 4.79 Å². The van der Waals surface area contributed by atoms with E-state index >= 15 is 0 Å². The van der Waals surface area contributed by atoms with Crippen molar-refractivity contribution in [1.82, 2.24) is 10.6 Å². The van der Waals surface area contributed by atoms with Gasteiger partial charge in [-0.25, -0.2) is 0 Å². The van der Waals surface area contributed by atoms with Crippen molar-refractivity contribution in [3.63, 3.8) is 0 Å². The molecule has 1 fully saturated rings. The molecule has 1 aromatic rings. The van der Waals surface area contributed by atoms with Gasteiger partial charge in [0.25, 0.3) is 0 Å². The van der Waals surface area contributed by atoms with Gasteiger partial charge in [-0.05, 0) is 31.5 Å². The van der Waals surface area contributed by atoms with Gasteiger partial charge in [0.1, 0.15) is 5.76 Å². The molecule has 0 radical (unpaired) electrons. The number of carbonyl (C=O) groups is 1. The van der Waals surface area contributed by atoms with Gasteiger partial charge in [-0.2, -0.15) is 0 Å². The van der Waals surface area contributed by atoms with E-state index in [1.54, 1.807) is 6.26 Å². The Hall–Kier alpha value is -1.29. The third kappa shape index (κ3) is 2.69. The first-order chi connectivity index (χ1) is 8.27. The number of hydrogen-bond acceptors (Lipinski definition) is 3. The second-order valence-corrected chi connectivity index (χ2v) is 4.65. The summed E-state index contributed by atoms with van der Waals surface area (Å²) in [6, 6.07) is 3.80. The molecule has 4 nitrogen and oxygen atoms in total. The topological polar surface area (TPSA) is 54.3 Å². The zero-order valence-corrected chi connectivity index (χ0v) is 10.3. The fraction of sp³-hybridized carbons (Fsp3) is 0.615. The summed E-state index contributed by atoms with van der Waals surface area (Å²) < 4.78 is 5.23. The van der Waals surface area contributed by atoms with Crippen LogP contribution >= 0.6 is 0 Å². The van der Waals surface area contributed by atoms with Crippen LogP contribution in [0.25, 0.3) is 0 Å². The smallest absolute Gasteiger partial charge is 0.227 e. The Balaban J connectivity index is 1.80. The molecule has 17 heavy (non-hydrogen) atoms. The Bertz CT molecular complexity index is 354. The molecule has 0 bridgehead atoms. The number of hydrogen-bond donors (Lipinski definition) is 2. The fourth-order valence-electron chi connectivity index (χ4n) is 2.34. The maximum Gasteiger partial charge on any atom is 0.227 e. The minimum absolute atomic E-state index is 0.177. The summed E-state index contributed by atoms with van der Waals surface area (Å²) in [5.41, 5.74) is -0.191. The predicted octanol–water partition coefficient (Wildman–Crippen LogP) is 1.33. The molecule has 0 aliphatic carbocycles. The van der Waals surface area contributed by atoms with Crippen molar-refractivity contribution in [2.75, 3.05) is 19.6 Å². The van der Waals surface area contributed by atoms with E-state index in [1.165, 1.54) is 0 Å². The molecule has 0 aromatic carbocycles. The maximum absolute atomic E-state index is 12.1. The largest absolute Gasteiger partial charge is 0.469 e. The summed E-state index contributed by atoms with van der Waals surface area (Å²) >= 11 is 0. The van der Waals surface area contributed by atoms with Crippen LogP contribution in [0.2, 0.25) is 0 Å². The summed E-state index contributed by atoms with van der Waals surface area (Å²) in [7, 11) is 0. The van der Waals surface area contributed by atoms with E-state index in [4.69, 9.17) is 4.42 Å². The monoisotopic (exact) mass is 236 g/mol. The van der Waals surface area contributed by atoms with Crippen LogP contribution in [0, 0.1) is 5.41 Å². The first-order valence-corrected chi connectivity index (χ1v) is 6.28. The maximum atomic E-state index is 12.1. The Morgan fingerprint density at radius 3 is 3.12 bits per heavy atom. The van der Waals surface area contributed by atoms with Crippen LogP contribution < -0.4 is 10.6 Å². The Labute approximate surface area is 102 Å². The van der Waals surface area contributed by atoms with Crippen LogP contribution in [-0.2, 0) is 11.2 Å². The lowest BCUT2D eigenvalue weighted by molar-refractivity contribution is -0.130. The molecule has 94 valence electrons. The molecule has 4 heteroatoms. The second kappa shape index (κ2) is 5.36. The third-order valence-electron chi connectivity index (χ3n) is 3.64. The van der Waals surface area contributed by atoms with Crippen molar-refractivity contribution in [3.05, 3.63) is 24.2 Å². The third-order valence-corrected chi connectivity index (χ3v) is 3.64. The molecule has 1 unspecified atom stereocenters. The van der Waals surface area contributed by atoms with Crippen molar-refractivity contribution in [1.29, 1.82) is 0 Å². The molecule has 0 saturated carbocycles. The predicted molar refractivity (Wildman–Crippen MR) is 65.6 cm³/mol. The lowest BCUT2D eigenvalue weighted by Crippen LogP contribution is -2.42. The highest BCUT2D eigenvalue weighted by atomic mass is 16.3. The molecule has 1 aliphatic rings. The number of nitrogens with one attached hydrogen (secondary N) is 2. The molecular weight excluding hydrogens is 216 g/mol. The Morgan fingerprint density at radius 2 is 2.53 bits per heavy atom. The summed E-state index contributed by atoms with van der Waals surface area (Å²) in [6.45, 7) is 4.47. The van der Waals surface area contributed by atoms with Crippen LogP contribution in [0.1, 0.15) is 25.5 Å². The second-order valence-electron chi connectivity index (χ2n) is 4.65. The average molecular weight is 236 g/mol. The van der Waals surface area contributed by atoms with Crippen LogP contribution in [0.3, 0.4) is 0 Å². The van der Waals surface area contributed by atoms with E-state index in [0.29, 0.717) is 6.54 Å². The summed E-state index contributed by atoms with van der Waals surface area (Å²) in [5.74, 6) is 1.09. The van der Waals surface area contributed by atoms with Crippen LogP contribution in [0.15, 0.2) is 22.8 Å². The van der Waals surface area contributed by atoms with Gasteiger partial charge in [0.2, 0.25) is 5.91 Å². The Morgan fingerprint density at radius 1 is 1.65 bits per heavy atom. The van der Waals surface area contributed by atoms with E-state index in [0.717, 1.165) is 38.1 Å². The van der Waals surface area contributed by atoms with Crippen LogP contribution in [0.4, 0.5) is 0 Å². The van der Waals surface area contributed by atoms with Gasteiger partial charge in [-0.15, -0.1) is 0 Å². The summed E-state index contributed by atoms with van der Waals surface area (Å²) in [5, 5.41) is 6.29. The highest BCUT2D eigenvalue weighted by Gasteiger charge is 2.38. The minimum Gasteiger partial charge on any atom is -0.469 e. The van der Waals surface area contributed by atoms with Gasteiger partial charge in [-0.3, -0.25) is 4.79 Å². The first kappa shape index (κ1) is 12.2. The molecule has 2 rings (SSSR count). The van der Waals surface area contributed by atoms with E-state index in [-0.39, 0.29) is 11.3 Å². The lowest BCUT2D eigenvalue weighted by Gasteiger charge is -2.25. The summed E-state index contributed by atoms with van der Waals surface area (Å²) in [4.78, 5) is 12.1. The van der Waals surface area contributed by atoms with Crippen molar-refractivity contribution >= 4 is 5.91 Å². The first-order valence-electron chi connectivity index (χ1n) is 6.28. The van der Waals surface area contributed by atoms with Crippen molar-refractivity contribution in [2.24, 2.45) is 5.41 Å². The molecule has 2 N–H and O–H groups in total. The highest BCUT2D eigenvalue weighted by molar-refractivity contribution is 5.83. The van der Waals surface area contributed by atoms with Crippen LogP contribution in [0.5, 0.6) is 0 Å². The molecule has 1 atom stereocenters.